The largest absolute Gasteiger partial charge is 0.457 e. The summed E-state index contributed by atoms with van der Waals surface area (Å²) < 4.78 is 6.95. The lowest BCUT2D eigenvalue weighted by Crippen LogP contribution is -2.64. The lowest BCUT2D eigenvalue weighted by Gasteiger charge is -2.51. The van der Waals surface area contributed by atoms with Crippen molar-refractivity contribution in [3.05, 3.63) is 94.2 Å². The third kappa shape index (κ3) is 4.94. The number of ketones is 1. The van der Waals surface area contributed by atoms with Crippen LogP contribution >= 0.6 is 11.3 Å². The first-order chi connectivity index (χ1) is 16.1. The molecule has 0 radical (unpaired) electrons. The van der Waals surface area contributed by atoms with Crippen molar-refractivity contribution in [2.24, 2.45) is 11.8 Å². The smallest absolute Gasteiger partial charge is 0.315 e. The van der Waals surface area contributed by atoms with Gasteiger partial charge in [0.15, 0.2) is 0 Å². The molecule has 0 N–H and O–H groups in total. The van der Waals surface area contributed by atoms with E-state index in [0.29, 0.717) is 25.4 Å². The summed E-state index contributed by atoms with van der Waals surface area (Å²) in [6, 6.07) is 24.1. The van der Waals surface area contributed by atoms with Gasteiger partial charge in [0.2, 0.25) is 5.78 Å². The molecule has 0 amide bonds. The molecule has 3 aliphatic heterocycles. The molecule has 6 rings (SSSR count). The van der Waals surface area contributed by atoms with E-state index in [0.717, 1.165) is 46.4 Å². The highest BCUT2D eigenvalue weighted by molar-refractivity contribution is 7.12. The van der Waals surface area contributed by atoms with Crippen molar-refractivity contribution in [2.45, 2.75) is 25.4 Å². The SMILES string of the molecule is O=C(C[N+]12CCC(CC1)C(C(=O)OC(Cc1ccccc1)c1ccccc1)C2)c1cccs1. The maximum Gasteiger partial charge on any atom is 0.315 e. The quantitative estimate of drug-likeness (QED) is 0.260. The number of hydrogen-bond donors (Lipinski definition) is 0. The molecule has 4 heterocycles. The number of fused-ring (bicyclic) bond motifs is 3. The van der Waals surface area contributed by atoms with Gasteiger partial charge < -0.3 is 9.22 Å². The van der Waals surface area contributed by atoms with Crippen LogP contribution in [0.2, 0.25) is 0 Å². The summed E-state index contributed by atoms with van der Waals surface area (Å²) in [6.45, 7) is 3.17. The van der Waals surface area contributed by atoms with Gasteiger partial charge in [-0.15, -0.1) is 11.3 Å². The van der Waals surface area contributed by atoms with E-state index in [9.17, 15) is 9.59 Å². The van der Waals surface area contributed by atoms with Crippen LogP contribution in [0.5, 0.6) is 0 Å². The second-order valence-corrected chi connectivity index (χ2v) is 10.4. The summed E-state index contributed by atoms with van der Waals surface area (Å²) in [5, 5.41) is 1.95. The summed E-state index contributed by atoms with van der Waals surface area (Å²) >= 11 is 1.50. The van der Waals surface area contributed by atoms with Gasteiger partial charge in [-0.1, -0.05) is 66.7 Å². The second-order valence-electron chi connectivity index (χ2n) is 9.50. The number of carbonyl (C=O) groups excluding carboxylic acids is 2. The van der Waals surface area contributed by atoms with Crippen LogP contribution in [0.3, 0.4) is 0 Å². The van der Waals surface area contributed by atoms with Crippen LogP contribution in [0.15, 0.2) is 78.2 Å². The van der Waals surface area contributed by atoms with Crippen LogP contribution in [-0.4, -0.2) is 42.4 Å². The molecule has 3 saturated heterocycles. The van der Waals surface area contributed by atoms with E-state index < -0.39 is 0 Å². The summed E-state index contributed by atoms with van der Waals surface area (Å²) in [6.07, 6.45) is 2.33. The molecule has 2 bridgehead atoms. The Labute approximate surface area is 199 Å². The van der Waals surface area contributed by atoms with Crippen molar-refractivity contribution in [1.29, 1.82) is 0 Å². The second kappa shape index (κ2) is 9.62. The number of rotatable bonds is 8. The van der Waals surface area contributed by atoms with Crippen molar-refractivity contribution in [3.8, 4) is 0 Å². The Bertz CT molecular complexity index is 1070. The highest BCUT2D eigenvalue weighted by atomic mass is 32.1. The van der Waals surface area contributed by atoms with Crippen molar-refractivity contribution in [1.82, 2.24) is 0 Å². The van der Waals surface area contributed by atoms with Gasteiger partial charge in [0, 0.05) is 19.3 Å². The molecule has 5 heteroatoms. The van der Waals surface area contributed by atoms with Gasteiger partial charge >= 0.3 is 5.97 Å². The molecule has 2 atom stereocenters. The highest BCUT2D eigenvalue weighted by Gasteiger charge is 2.50. The third-order valence-electron chi connectivity index (χ3n) is 7.37. The zero-order chi connectivity index (χ0) is 22.7. The predicted molar refractivity (Wildman–Crippen MR) is 130 cm³/mol. The summed E-state index contributed by atoms with van der Waals surface area (Å²) in [5.41, 5.74) is 2.17. The van der Waals surface area contributed by atoms with Crippen molar-refractivity contribution in [3.63, 3.8) is 0 Å². The number of piperidine rings is 3. The van der Waals surface area contributed by atoms with Gasteiger partial charge in [0.05, 0.1) is 24.5 Å². The predicted octanol–water partition coefficient (Wildman–Crippen LogP) is 5.31. The molecule has 2 aromatic carbocycles. The number of esters is 1. The van der Waals surface area contributed by atoms with Gasteiger partial charge in [0.25, 0.3) is 0 Å². The average molecular weight is 461 g/mol. The Kier molecular flexibility index (Phi) is 6.43. The first kappa shape index (κ1) is 22.1. The van der Waals surface area contributed by atoms with Crippen molar-refractivity contribution in [2.75, 3.05) is 26.2 Å². The van der Waals surface area contributed by atoms with E-state index in [2.05, 4.69) is 12.1 Å². The first-order valence-corrected chi connectivity index (χ1v) is 12.7. The lowest BCUT2D eigenvalue weighted by molar-refractivity contribution is -0.938. The monoisotopic (exact) mass is 460 g/mol. The van der Waals surface area contributed by atoms with Gasteiger partial charge in [-0.3, -0.25) is 9.59 Å². The van der Waals surface area contributed by atoms with Gasteiger partial charge in [-0.2, -0.15) is 0 Å². The Balaban J connectivity index is 1.31. The van der Waals surface area contributed by atoms with E-state index in [4.69, 9.17) is 4.74 Å². The zero-order valence-corrected chi connectivity index (χ0v) is 19.6. The fourth-order valence-corrected chi connectivity index (χ4v) is 6.20. The fourth-order valence-electron chi connectivity index (χ4n) is 5.55. The molecular weight excluding hydrogens is 430 g/mol. The molecule has 0 saturated carbocycles. The molecule has 33 heavy (non-hydrogen) atoms. The minimum Gasteiger partial charge on any atom is -0.457 e. The number of hydrogen-bond acceptors (Lipinski definition) is 4. The maximum atomic E-state index is 13.5. The molecule has 170 valence electrons. The minimum atomic E-state index is -0.308. The third-order valence-corrected chi connectivity index (χ3v) is 8.28. The standard InChI is InChI=1S/C28H30NO3S/c30-25(27-12-7-17-33-27)20-29-15-13-22(14-16-29)24(19-29)28(31)32-26(23-10-5-2-6-11-23)18-21-8-3-1-4-9-21/h1-12,17,22,24,26H,13-16,18-20H2/q+1. The number of thiophene rings is 1. The molecule has 0 spiro atoms. The molecule has 2 unspecified atom stereocenters. The molecule has 0 aliphatic carbocycles. The number of nitrogens with zero attached hydrogens (tertiary/aromatic N) is 1. The molecular formula is C28H30NO3S+. The molecule has 3 fully saturated rings. The Morgan fingerprint density at radius 1 is 0.939 bits per heavy atom. The molecule has 3 aromatic rings. The molecule has 3 aliphatic rings. The fraction of sp³-hybridized carbons (Fsp3) is 0.357. The first-order valence-electron chi connectivity index (χ1n) is 11.8. The average Bonchev–Trinajstić information content (AvgIpc) is 3.41. The Morgan fingerprint density at radius 3 is 2.30 bits per heavy atom. The minimum absolute atomic E-state index is 0.102. The van der Waals surface area contributed by atoms with Crippen molar-refractivity contribution < 1.29 is 18.8 Å². The molecule has 1 aromatic heterocycles. The number of benzene rings is 2. The van der Waals surface area contributed by atoms with Crippen molar-refractivity contribution >= 4 is 23.1 Å². The normalized spacial score (nSPS) is 24.8. The summed E-state index contributed by atoms with van der Waals surface area (Å²) in [4.78, 5) is 27.2. The van der Waals surface area contributed by atoms with Crippen LogP contribution in [0.25, 0.3) is 0 Å². The van der Waals surface area contributed by atoms with E-state index in [1.54, 1.807) is 0 Å². The van der Waals surface area contributed by atoms with Crippen LogP contribution < -0.4 is 0 Å². The van der Waals surface area contributed by atoms with Gasteiger partial charge in [-0.05, 0) is 28.5 Å². The van der Waals surface area contributed by atoms with Crippen LogP contribution in [0.1, 0.15) is 39.7 Å². The Hall–Kier alpha value is -2.76. The summed E-state index contributed by atoms with van der Waals surface area (Å²) in [7, 11) is 0. The van der Waals surface area contributed by atoms with Crippen LogP contribution in [0.4, 0.5) is 0 Å². The highest BCUT2D eigenvalue weighted by Crippen LogP contribution is 2.39. The number of carbonyl (C=O) groups is 2. The van der Waals surface area contributed by atoms with E-state index in [-0.39, 0.29) is 23.8 Å². The molecule has 4 nitrogen and oxygen atoms in total. The topological polar surface area (TPSA) is 43.4 Å². The van der Waals surface area contributed by atoms with Gasteiger partial charge in [-0.25, -0.2) is 0 Å². The zero-order valence-electron chi connectivity index (χ0n) is 18.8. The Morgan fingerprint density at radius 2 is 1.64 bits per heavy atom. The summed E-state index contributed by atoms with van der Waals surface area (Å²) in [5.74, 6) is 0.326. The van der Waals surface area contributed by atoms with E-state index >= 15 is 0 Å². The van der Waals surface area contributed by atoms with E-state index in [1.165, 1.54) is 11.3 Å². The number of Topliss-reactive ketones (excluding diaryl/α,β-unsaturated/α-hetero) is 1. The number of quaternary nitrogens is 1. The van der Waals surface area contributed by atoms with Crippen LogP contribution in [0, 0.1) is 11.8 Å². The van der Waals surface area contributed by atoms with E-state index in [1.807, 2.05) is 66.0 Å². The van der Waals surface area contributed by atoms with Crippen LogP contribution in [-0.2, 0) is 16.0 Å². The lowest BCUT2D eigenvalue weighted by atomic mass is 9.77. The van der Waals surface area contributed by atoms with Gasteiger partial charge in [0.1, 0.15) is 18.6 Å². The maximum absolute atomic E-state index is 13.5. The number of ether oxygens (including phenoxy) is 1.